The first-order valence-corrected chi connectivity index (χ1v) is 8.86. The van der Waals surface area contributed by atoms with E-state index >= 15 is 0 Å². The van der Waals surface area contributed by atoms with E-state index in [-0.39, 0.29) is 12.2 Å². The minimum Gasteiger partial charge on any atom is -0.467 e. The van der Waals surface area contributed by atoms with Crippen molar-refractivity contribution < 1.29 is 14.3 Å². The van der Waals surface area contributed by atoms with Crippen molar-refractivity contribution in [2.75, 3.05) is 12.4 Å². The number of aromatic nitrogens is 4. The highest BCUT2D eigenvalue weighted by molar-refractivity contribution is 5.82. The summed E-state index contributed by atoms with van der Waals surface area (Å²) in [6.45, 7) is 2.71. The average molecular weight is 367 g/mol. The molecule has 1 aromatic carbocycles. The molecule has 8 nitrogen and oxygen atoms in total. The Bertz CT molecular complexity index is 971. The zero-order chi connectivity index (χ0) is 18.8. The van der Waals surface area contributed by atoms with E-state index in [9.17, 15) is 4.79 Å². The third-order valence-electron chi connectivity index (χ3n) is 4.67. The second-order valence-electron chi connectivity index (χ2n) is 6.57. The van der Waals surface area contributed by atoms with Crippen LogP contribution in [0, 0.1) is 6.92 Å². The summed E-state index contributed by atoms with van der Waals surface area (Å²) in [5.41, 5.74) is 3.73. The molecular formula is C19H21N5O3. The number of rotatable bonds is 5. The van der Waals surface area contributed by atoms with Crippen LogP contribution in [0.2, 0.25) is 0 Å². The smallest absolute Gasteiger partial charge is 0.335 e. The molecule has 140 valence electrons. The molecule has 0 amide bonds. The van der Waals surface area contributed by atoms with Gasteiger partial charge in [0.15, 0.2) is 23.1 Å². The highest BCUT2D eigenvalue weighted by Gasteiger charge is 2.33. The number of nitrogens with one attached hydrogen (secondary N) is 1. The van der Waals surface area contributed by atoms with Crippen molar-refractivity contribution in [3.63, 3.8) is 0 Å². The number of hydrogen-bond acceptors (Lipinski definition) is 7. The molecule has 3 aromatic rings. The van der Waals surface area contributed by atoms with Crippen molar-refractivity contribution in [3.8, 4) is 0 Å². The van der Waals surface area contributed by atoms with Crippen molar-refractivity contribution in [3.05, 3.63) is 48.0 Å². The van der Waals surface area contributed by atoms with Crippen LogP contribution in [0.3, 0.4) is 0 Å². The molecule has 1 aliphatic heterocycles. The highest BCUT2D eigenvalue weighted by atomic mass is 16.6. The number of benzene rings is 1. The van der Waals surface area contributed by atoms with Crippen LogP contribution in [0.1, 0.15) is 30.2 Å². The minimum atomic E-state index is -0.543. The van der Waals surface area contributed by atoms with Gasteiger partial charge in [0.25, 0.3) is 0 Å². The van der Waals surface area contributed by atoms with Gasteiger partial charge in [0, 0.05) is 6.54 Å². The number of anilines is 1. The normalized spacial score (nSPS) is 19.3. The van der Waals surface area contributed by atoms with Crippen LogP contribution in [-0.2, 0) is 20.8 Å². The molecule has 2 unspecified atom stereocenters. The minimum absolute atomic E-state index is 0.293. The zero-order valence-corrected chi connectivity index (χ0v) is 15.3. The number of fused-ring (bicyclic) bond motifs is 1. The first-order valence-electron chi connectivity index (χ1n) is 8.86. The topological polar surface area (TPSA) is 91.2 Å². The summed E-state index contributed by atoms with van der Waals surface area (Å²) >= 11 is 0. The molecule has 0 bridgehead atoms. The molecule has 2 aromatic heterocycles. The summed E-state index contributed by atoms with van der Waals surface area (Å²) in [6.07, 6.45) is 3.66. The van der Waals surface area contributed by atoms with Gasteiger partial charge in [-0.2, -0.15) is 0 Å². The second kappa shape index (κ2) is 7.32. The van der Waals surface area contributed by atoms with Gasteiger partial charge < -0.3 is 14.8 Å². The molecule has 4 rings (SSSR count). The fraction of sp³-hybridized carbons (Fsp3) is 0.368. The second-order valence-corrected chi connectivity index (χ2v) is 6.57. The number of methoxy groups -OCH3 is 1. The van der Waals surface area contributed by atoms with Crippen LogP contribution in [-0.4, -0.2) is 38.7 Å². The molecule has 1 saturated heterocycles. The largest absolute Gasteiger partial charge is 0.467 e. The lowest BCUT2D eigenvalue weighted by molar-refractivity contribution is -0.155. The lowest BCUT2D eigenvalue weighted by atomic mass is 10.1. The van der Waals surface area contributed by atoms with Crippen molar-refractivity contribution in [1.29, 1.82) is 0 Å². The van der Waals surface area contributed by atoms with Crippen molar-refractivity contribution >= 4 is 23.0 Å². The fourth-order valence-corrected chi connectivity index (χ4v) is 3.33. The number of hydrogen-bond donors (Lipinski definition) is 1. The molecule has 2 atom stereocenters. The van der Waals surface area contributed by atoms with Gasteiger partial charge in [0.05, 0.1) is 13.4 Å². The molecule has 1 N–H and O–H groups in total. The zero-order valence-electron chi connectivity index (χ0n) is 15.3. The Balaban J connectivity index is 1.54. The highest BCUT2D eigenvalue weighted by Crippen LogP contribution is 2.31. The van der Waals surface area contributed by atoms with E-state index < -0.39 is 6.10 Å². The van der Waals surface area contributed by atoms with Crippen molar-refractivity contribution in [2.24, 2.45) is 0 Å². The molecule has 0 aliphatic carbocycles. The molecule has 27 heavy (non-hydrogen) atoms. The number of esters is 1. The summed E-state index contributed by atoms with van der Waals surface area (Å²) in [5.74, 6) is 0.319. The van der Waals surface area contributed by atoms with E-state index in [1.165, 1.54) is 24.6 Å². The maximum absolute atomic E-state index is 11.7. The third kappa shape index (κ3) is 3.48. The van der Waals surface area contributed by atoms with Crippen LogP contribution >= 0.6 is 0 Å². The number of ether oxygens (including phenoxy) is 2. The molecule has 3 heterocycles. The lowest BCUT2D eigenvalue weighted by Gasteiger charge is -2.14. The van der Waals surface area contributed by atoms with Gasteiger partial charge in [0.2, 0.25) is 0 Å². The van der Waals surface area contributed by atoms with Crippen LogP contribution in [0.15, 0.2) is 36.9 Å². The van der Waals surface area contributed by atoms with Crippen molar-refractivity contribution in [2.45, 2.75) is 38.6 Å². The maximum Gasteiger partial charge on any atom is 0.335 e. The molecule has 1 aliphatic rings. The summed E-state index contributed by atoms with van der Waals surface area (Å²) in [5, 5.41) is 3.33. The molecule has 8 heteroatoms. The van der Waals surface area contributed by atoms with Gasteiger partial charge in [-0.05, 0) is 25.3 Å². The Labute approximate surface area is 156 Å². The van der Waals surface area contributed by atoms with E-state index in [0.717, 1.165) is 0 Å². The van der Waals surface area contributed by atoms with Gasteiger partial charge >= 0.3 is 5.97 Å². The maximum atomic E-state index is 11.7. The Hall–Kier alpha value is -3.00. The monoisotopic (exact) mass is 367 g/mol. The number of carbonyl (C=O) groups excluding carboxylic acids is 1. The fourth-order valence-electron chi connectivity index (χ4n) is 3.33. The molecule has 0 spiro atoms. The first-order chi connectivity index (χ1) is 13.2. The van der Waals surface area contributed by atoms with E-state index in [2.05, 4.69) is 45.4 Å². The molecule has 0 saturated carbocycles. The van der Waals surface area contributed by atoms with Gasteiger partial charge in [-0.3, -0.25) is 4.57 Å². The van der Waals surface area contributed by atoms with E-state index in [1.807, 2.05) is 10.6 Å². The van der Waals surface area contributed by atoms with E-state index in [1.54, 1.807) is 6.33 Å². The molecular weight excluding hydrogens is 346 g/mol. The number of nitrogens with zero attached hydrogens (tertiary/aromatic N) is 4. The van der Waals surface area contributed by atoms with Gasteiger partial charge in [-0.25, -0.2) is 19.7 Å². The average Bonchev–Trinajstić information content (AvgIpc) is 3.33. The summed E-state index contributed by atoms with van der Waals surface area (Å²) in [4.78, 5) is 24.8. The van der Waals surface area contributed by atoms with E-state index in [4.69, 9.17) is 9.47 Å². The molecule has 0 radical (unpaired) electrons. The quantitative estimate of drug-likeness (QED) is 0.693. The number of aryl methyl sites for hydroxylation is 1. The van der Waals surface area contributed by atoms with Crippen LogP contribution in [0.25, 0.3) is 11.2 Å². The first kappa shape index (κ1) is 17.4. The Morgan fingerprint density at radius 2 is 2.22 bits per heavy atom. The summed E-state index contributed by atoms with van der Waals surface area (Å²) in [6, 6.07) is 8.29. The van der Waals surface area contributed by atoms with Crippen LogP contribution < -0.4 is 5.32 Å². The predicted octanol–water partition coefficient (Wildman–Crippen LogP) is 2.60. The summed E-state index contributed by atoms with van der Waals surface area (Å²) < 4.78 is 12.4. The third-order valence-corrected chi connectivity index (χ3v) is 4.67. The van der Waals surface area contributed by atoms with Gasteiger partial charge in [0.1, 0.15) is 12.6 Å². The predicted molar refractivity (Wildman–Crippen MR) is 99.0 cm³/mol. The van der Waals surface area contributed by atoms with E-state index in [0.29, 0.717) is 36.4 Å². The van der Waals surface area contributed by atoms with Crippen LogP contribution in [0.5, 0.6) is 0 Å². The van der Waals surface area contributed by atoms with Gasteiger partial charge in [-0.1, -0.05) is 29.8 Å². The Kier molecular flexibility index (Phi) is 4.72. The number of carbonyl (C=O) groups is 1. The Morgan fingerprint density at radius 3 is 3.04 bits per heavy atom. The van der Waals surface area contributed by atoms with Crippen LogP contribution in [0.4, 0.5) is 5.82 Å². The number of imidazole rings is 1. The lowest BCUT2D eigenvalue weighted by Crippen LogP contribution is -2.22. The van der Waals surface area contributed by atoms with Crippen molar-refractivity contribution in [1.82, 2.24) is 19.5 Å². The summed E-state index contributed by atoms with van der Waals surface area (Å²) in [7, 11) is 1.37. The SMILES string of the molecule is COC(=O)C1CCC(n2cnc3c(NCc4cccc(C)c4)ncnc32)O1. The van der Waals surface area contributed by atoms with Gasteiger partial charge in [-0.15, -0.1) is 0 Å². The molecule has 1 fully saturated rings. The standard InChI is InChI=1S/C19H21N5O3/c1-12-4-3-5-13(8-12)9-20-17-16-18(22-10-21-17)24(11-23-16)15-7-6-14(27-15)19(25)26-2/h3-5,8,10-11,14-15H,6-7,9H2,1-2H3,(H,20,21,22). The Morgan fingerprint density at radius 1 is 1.33 bits per heavy atom.